The Balaban J connectivity index is 2.42. The van der Waals surface area contributed by atoms with Gasteiger partial charge in [0.1, 0.15) is 22.5 Å². The number of anilines is 1. The van der Waals surface area contributed by atoms with Crippen LogP contribution in [0.3, 0.4) is 0 Å². The third kappa shape index (κ3) is 3.00. The lowest BCUT2D eigenvalue weighted by atomic mass is 10.2. The molecule has 0 saturated carbocycles. The van der Waals surface area contributed by atoms with Crippen molar-refractivity contribution < 1.29 is 19.0 Å². The van der Waals surface area contributed by atoms with Gasteiger partial charge in [-0.3, -0.25) is 14.3 Å². The maximum Gasteiger partial charge on any atom is 0.256 e. The van der Waals surface area contributed by atoms with E-state index < -0.39 is 29.3 Å². The average Bonchev–Trinajstić information content (AvgIpc) is 2.56. The van der Waals surface area contributed by atoms with Crippen molar-refractivity contribution in [3.8, 4) is 5.69 Å². The van der Waals surface area contributed by atoms with Crippen LogP contribution in [0.5, 0.6) is 0 Å². The molecule has 26 heavy (non-hydrogen) atoms. The Kier molecular flexibility index (Phi) is 4.86. The Hall–Kier alpha value is -2.62. The number of halogens is 3. The van der Waals surface area contributed by atoms with Gasteiger partial charge in [0.15, 0.2) is 5.65 Å². The van der Waals surface area contributed by atoms with Crippen LogP contribution >= 0.6 is 11.6 Å². The second-order valence-electron chi connectivity index (χ2n) is 5.26. The molecule has 2 aromatic heterocycles. The number of para-hydroxylation sites is 1. The number of benzene rings is 1. The molecule has 0 aliphatic heterocycles. The van der Waals surface area contributed by atoms with Gasteiger partial charge in [-0.2, -0.15) is 4.98 Å². The van der Waals surface area contributed by atoms with Crippen molar-refractivity contribution in [1.82, 2.24) is 14.5 Å². The van der Waals surface area contributed by atoms with E-state index in [1.165, 1.54) is 12.1 Å². The number of hydrogen-bond acceptors (Lipinski definition) is 6. The molecule has 0 aliphatic carbocycles. The van der Waals surface area contributed by atoms with Gasteiger partial charge in [0.25, 0.3) is 5.56 Å². The second-order valence-corrected chi connectivity index (χ2v) is 5.62. The number of aliphatic hydroxyl groups excluding tert-OH is 1. The number of aromatic nitrogens is 3. The van der Waals surface area contributed by atoms with Gasteiger partial charge in [0, 0.05) is 12.6 Å². The Morgan fingerprint density at radius 3 is 2.42 bits per heavy atom. The Morgan fingerprint density at radius 1 is 1.19 bits per heavy atom. The second kappa shape index (κ2) is 6.94. The Labute approximate surface area is 150 Å². The molecular weight excluding hydrogens is 370 g/mol. The van der Waals surface area contributed by atoms with Gasteiger partial charge < -0.3 is 10.2 Å². The van der Waals surface area contributed by atoms with Gasteiger partial charge in [-0.15, -0.1) is 0 Å². The summed E-state index contributed by atoms with van der Waals surface area (Å²) in [6, 6.07) is 5.58. The first-order valence-electron chi connectivity index (χ1n) is 7.51. The van der Waals surface area contributed by atoms with Crippen LogP contribution < -0.4 is 10.5 Å². The molecule has 0 amide bonds. The van der Waals surface area contributed by atoms with Crippen molar-refractivity contribution in [1.29, 1.82) is 0 Å². The number of pyridine rings is 1. The van der Waals surface area contributed by atoms with Crippen LogP contribution in [-0.2, 0) is 0 Å². The molecule has 1 aromatic carbocycles. The molecule has 0 radical (unpaired) electrons. The molecule has 0 aliphatic rings. The highest BCUT2D eigenvalue weighted by Crippen LogP contribution is 2.26. The lowest BCUT2D eigenvalue weighted by Crippen LogP contribution is -2.36. The quantitative estimate of drug-likeness (QED) is 0.528. The van der Waals surface area contributed by atoms with Gasteiger partial charge >= 0.3 is 0 Å². The monoisotopic (exact) mass is 382 g/mol. The molecule has 136 valence electrons. The molecule has 7 nitrogen and oxygen atoms in total. The summed E-state index contributed by atoms with van der Waals surface area (Å²) in [5.74, 6) is -2.15. The summed E-state index contributed by atoms with van der Waals surface area (Å²) < 4.78 is 29.2. The van der Waals surface area contributed by atoms with Crippen molar-refractivity contribution in [3.63, 3.8) is 0 Å². The van der Waals surface area contributed by atoms with Crippen LogP contribution in [0.2, 0.25) is 5.15 Å². The molecule has 0 atom stereocenters. The predicted octanol–water partition coefficient (Wildman–Crippen LogP) is 1.81. The zero-order chi connectivity index (χ0) is 19.0. The molecule has 0 spiro atoms. The largest absolute Gasteiger partial charge is 0.351 e. The minimum absolute atomic E-state index is 0.102. The predicted molar refractivity (Wildman–Crippen MR) is 91.3 cm³/mol. The van der Waals surface area contributed by atoms with E-state index in [0.717, 1.165) is 27.7 Å². The summed E-state index contributed by atoms with van der Waals surface area (Å²) in [4.78, 5) is 21.4. The van der Waals surface area contributed by atoms with Crippen molar-refractivity contribution in [2.24, 2.45) is 0 Å². The van der Waals surface area contributed by atoms with Crippen molar-refractivity contribution in [3.05, 3.63) is 57.5 Å². The molecule has 10 heteroatoms. The van der Waals surface area contributed by atoms with Gasteiger partial charge in [-0.05, 0) is 25.1 Å². The highest BCUT2D eigenvalue weighted by Gasteiger charge is 2.21. The normalized spacial score (nSPS) is 11.3. The average molecular weight is 383 g/mol. The lowest BCUT2D eigenvalue weighted by molar-refractivity contribution is -0.0411. The van der Waals surface area contributed by atoms with Crippen LogP contribution in [0.4, 0.5) is 14.7 Å². The highest BCUT2D eigenvalue weighted by molar-refractivity contribution is 6.34. The summed E-state index contributed by atoms with van der Waals surface area (Å²) in [5.41, 5.74) is -1.53. The van der Waals surface area contributed by atoms with Crippen LogP contribution in [-0.4, -0.2) is 37.7 Å². The van der Waals surface area contributed by atoms with Gasteiger partial charge in [0.2, 0.25) is 12.4 Å². The fraction of sp³-hybridized carbons (Fsp3) is 0.188. The number of aliphatic hydroxyl groups is 2. The topological polar surface area (TPSA) is 91.5 Å². The first-order chi connectivity index (χ1) is 12.3. The van der Waals surface area contributed by atoms with E-state index >= 15 is 0 Å². The van der Waals surface area contributed by atoms with Gasteiger partial charge in [-0.1, -0.05) is 17.7 Å². The van der Waals surface area contributed by atoms with E-state index in [4.69, 9.17) is 11.6 Å². The third-order valence-corrected chi connectivity index (χ3v) is 4.02. The van der Waals surface area contributed by atoms with Crippen molar-refractivity contribution in [2.45, 2.75) is 13.3 Å². The van der Waals surface area contributed by atoms with Gasteiger partial charge in [-0.25, -0.2) is 13.8 Å². The van der Waals surface area contributed by atoms with E-state index in [-0.39, 0.29) is 28.7 Å². The number of fused-ring (bicyclic) bond motifs is 1. The number of nitrogens with zero attached hydrogens (tertiary/aromatic N) is 4. The molecule has 3 aromatic rings. The standard InChI is InChI=1S/C16H13ClF2N4O3/c1-2-22(16(25)26)15-20-13(17)8-6-7-11(24)23(14(8)21-15)12-9(18)4-3-5-10(12)19/h3-7,16,25-26H,2H2,1H3. The van der Waals surface area contributed by atoms with E-state index in [1.807, 2.05) is 0 Å². The van der Waals surface area contributed by atoms with Crippen LogP contribution in [0.25, 0.3) is 16.7 Å². The van der Waals surface area contributed by atoms with Crippen LogP contribution in [0.15, 0.2) is 35.1 Å². The molecule has 0 bridgehead atoms. The molecular formula is C16H13ClF2N4O3. The first kappa shape index (κ1) is 18.2. The molecule has 0 unspecified atom stereocenters. The number of hydrogen-bond donors (Lipinski definition) is 2. The van der Waals surface area contributed by atoms with E-state index in [9.17, 15) is 23.8 Å². The van der Waals surface area contributed by atoms with Crippen molar-refractivity contribution >= 4 is 28.6 Å². The zero-order valence-corrected chi connectivity index (χ0v) is 14.2. The fourth-order valence-corrected chi connectivity index (χ4v) is 2.75. The molecule has 2 heterocycles. The first-order valence-corrected chi connectivity index (χ1v) is 7.89. The van der Waals surface area contributed by atoms with E-state index in [1.54, 1.807) is 6.92 Å². The van der Waals surface area contributed by atoms with Crippen LogP contribution in [0, 0.1) is 11.6 Å². The minimum Gasteiger partial charge on any atom is -0.351 e. The highest BCUT2D eigenvalue weighted by atomic mass is 35.5. The third-order valence-electron chi connectivity index (χ3n) is 3.73. The maximum absolute atomic E-state index is 14.2. The summed E-state index contributed by atoms with van der Waals surface area (Å²) in [5, 5.41) is 18.9. The van der Waals surface area contributed by atoms with E-state index in [2.05, 4.69) is 9.97 Å². The number of rotatable bonds is 4. The zero-order valence-electron chi connectivity index (χ0n) is 13.4. The minimum atomic E-state index is -1.93. The summed E-state index contributed by atoms with van der Waals surface area (Å²) in [6.45, 7) is 1.71. The molecule has 0 fully saturated rings. The smallest absolute Gasteiger partial charge is 0.256 e. The summed E-state index contributed by atoms with van der Waals surface area (Å²) >= 11 is 6.12. The molecule has 0 saturated heterocycles. The van der Waals surface area contributed by atoms with E-state index in [0.29, 0.717) is 0 Å². The van der Waals surface area contributed by atoms with Crippen molar-refractivity contribution in [2.75, 3.05) is 11.4 Å². The fourth-order valence-electron chi connectivity index (χ4n) is 2.52. The Morgan fingerprint density at radius 2 is 1.85 bits per heavy atom. The Bertz CT molecular complexity index is 1020. The van der Waals surface area contributed by atoms with Gasteiger partial charge in [0.05, 0.1) is 5.39 Å². The SMILES string of the molecule is CCN(c1nc(Cl)c2ccc(=O)n(-c3c(F)cccc3F)c2n1)C(O)O. The lowest BCUT2D eigenvalue weighted by Gasteiger charge is -2.23. The van der Waals surface area contributed by atoms with Crippen LogP contribution in [0.1, 0.15) is 6.92 Å². The summed E-state index contributed by atoms with van der Waals surface area (Å²) in [6.07, 6.45) is -1.93. The maximum atomic E-state index is 14.2. The molecule has 3 rings (SSSR count). The summed E-state index contributed by atoms with van der Waals surface area (Å²) in [7, 11) is 0. The molecule has 2 N–H and O–H groups in total.